The third-order valence-corrected chi connectivity index (χ3v) is 5.59. The summed E-state index contributed by atoms with van der Waals surface area (Å²) in [6, 6.07) is 15.2. The molecule has 0 radical (unpaired) electrons. The van der Waals surface area contributed by atoms with Gasteiger partial charge in [-0.25, -0.2) is 0 Å². The first kappa shape index (κ1) is 21.2. The number of nitrogens with zero attached hydrogens (tertiary/aromatic N) is 1. The molecule has 0 N–H and O–H groups in total. The number of benzene rings is 2. The number of carbonyl (C=O) groups excluding carboxylic acids is 1. The maximum Gasteiger partial charge on any atom is 0.266 e. The highest BCUT2D eigenvalue weighted by Crippen LogP contribution is 2.32. The second-order valence-electron chi connectivity index (χ2n) is 6.23. The number of methoxy groups -OCH3 is 1. The molecule has 0 aliphatic carbocycles. The summed E-state index contributed by atoms with van der Waals surface area (Å²) in [5, 5.41) is 0. The van der Waals surface area contributed by atoms with Gasteiger partial charge in [-0.1, -0.05) is 42.2 Å². The van der Waals surface area contributed by atoms with E-state index in [1.165, 1.54) is 11.8 Å². The Kier molecular flexibility index (Phi) is 7.55. The summed E-state index contributed by atoms with van der Waals surface area (Å²) in [4.78, 5) is 14.6. The molecule has 1 aliphatic heterocycles. The van der Waals surface area contributed by atoms with E-state index in [2.05, 4.69) is 0 Å². The maximum absolute atomic E-state index is 12.3. The van der Waals surface area contributed by atoms with Gasteiger partial charge in [-0.3, -0.25) is 9.69 Å². The van der Waals surface area contributed by atoms with Crippen LogP contribution in [-0.2, 0) is 4.79 Å². The van der Waals surface area contributed by atoms with Gasteiger partial charge >= 0.3 is 0 Å². The Balaban J connectivity index is 1.49. The molecular weight excluding hydrogens is 406 g/mol. The zero-order valence-electron chi connectivity index (χ0n) is 16.4. The van der Waals surface area contributed by atoms with Crippen LogP contribution in [0.25, 0.3) is 6.08 Å². The maximum atomic E-state index is 12.3. The minimum Gasteiger partial charge on any atom is -0.497 e. The second kappa shape index (κ2) is 10.3. The third kappa shape index (κ3) is 5.74. The summed E-state index contributed by atoms with van der Waals surface area (Å²) in [6.07, 6.45) is 2.60. The van der Waals surface area contributed by atoms with Crippen molar-refractivity contribution in [1.82, 2.24) is 4.90 Å². The molecule has 0 aromatic heterocycles. The fraction of sp³-hybridized carbons (Fsp3) is 0.273. The lowest BCUT2D eigenvalue weighted by molar-refractivity contribution is -0.121. The molecule has 7 heteroatoms. The number of hydrogen-bond donors (Lipinski definition) is 0. The highest BCUT2D eigenvalue weighted by Gasteiger charge is 2.30. The zero-order chi connectivity index (χ0) is 20.6. The van der Waals surface area contributed by atoms with Crippen LogP contribution in [0.3, 0.4) is 0 Å². The van der Waals surface area contributed by atoms with Crippen molar-refractivity contribution in [2.45, 2.75) is 13.3 Å². The molecule has 1 saturated heterocycles. The normalized spacial score (nSPS) is 15.1. The minimum atomic E-state index is -0.0384. The highest BCUT2D eigenvalue weighted by atomic mass is 32.2. The standard InChI is InChI=1S/C22H23NO4S2/c1-3-23-21(24)20(29-22(23)28)14-16-7-4-9-18(13-16)26-11-6-12-27-19-10-5-8-17(15-19)25-2/h4-5,7-10,13-15H,3,6,11-12H2,1-2H3. The van der Waals surface area contributed by atoms with E-state index in [1.54, 1.807) is 12.0 Å². The summed E-state index contributed by atoms with van der Waals surface area (Å²) in [5.74, 6) is 2.26. The number of ether oxygens (including phenoxy) is 3. The first-order valence-corrected chi connectivity index (χ1v) is 10.6. The summed E-state index contributed by atoms with van der Waals surface area (Å²) in [6.45, 7) is 3.58. The molecular formula is C22H23NO4S2. The van der Waals surface area contributed by atoms with Gasteiger partial charge in [0.15, 0.2) is 0 Å². The molecule has 0 saturated carbocycles. The fourth-order valence-corrected chi connectivity index (χ4v) is 4.13. The van der Waals surface area contributed by atoms with E-state index in [0.717, 1.165) is 29.2 Å². The minimum absolute atomic E-state index is 0.0384. The lowest BCUT2D eigenvalue weighted by Crippen LogP contribution is -2.27. The molecule has 152 valence electrons. The highest BCUT2D eigenvalue weighted by molar-refractivity contribution is 8.26. The molecule has 0 spiro atoms. The van der Waals surface area contributed by atoms with Crippen molar-refractivity contribution in [3.63, 3.8) is 0 Å². The van der Waals surface area contributed by atoms with Crippen LogP contribution in [0.4, 0.5) is 0 Å². The van der Waals surface area contributed by atoms with Gasteiger partial charge in [0, 0.05) is 19.0 Å². The Hall–Kier alpha value is -2.51. The Bertz CT molecular complexity index is 913. The summed E-state index contributed by atoms with van der Waals surface area (Å²) in [7, 11) is 1.63. The first-order valence-electron chi connectivity index (χ1n) is 9.36. The third-order valence-electron chi connectivity index (χ3n) is 4.21. The molecule has 5 nitrogen and oxygen atoms in total. The van der Waals surface area contributed by atoms with E-state index in [9.17, 15) is 4.79 Å². The van der Waals surface area contributed by atoms with Crippen LogP contribution in [0.5, 0.6) is 17.2 Å². The molecule has 1 heterocycles. The number of carbonyl (C=O) groups is 1. The van der Waals surface area contributed by atoms with Crippen LogP contribution in [-0.4, -0.2) is 42.0 Å². The molecule has 29 heavy (non-hydrogen) atoms. The number of likely N-dealkylation sites (N-methyl/N-ethyl adjacent to an activating group) is 1. The number of hydrogen-bond acceptors (Lipinski definition) is 6. The van der Waals surface area contributed by atoms with Crippen LogP contribution >= 0.6 is 24.0 Å². The van der Waals surface area contributed by atoms with E-state index < -0.39 is 0 Å². The lowest BCUT2D eigenvalue weighted by atomic mass is 10.2. The van der Waals surface area contributed by atoms with E-state index >= 15 is 0 Å². The monoisotopic (exact) mass is 429 g/mol. The van der Waals surface area contributed by atoms with Crippen molar-refractivity contribution in [3.05, 3.63) is 59.0 Å². The molecule has 1 fully saturated rings. The van der Waals surface area contributed by atoms with E-state index in [4.69, 9.17) is 26.4 Å². The van der Waals surface area contributed by atoms with Gasteiger partial charge in [0.25, 0.3) is 5.91 Å². The smallest absolute Gasteiger partial charge is 0.266 e. The number of rotatable bonds is 9. The Labute approximate surface area is 180 Å². The average molecular weight is 430 g/mol. The topological polar surface area (TPSA) is 48.0 Å². The number of thioether (sulfide) groups is 1. The Morgan fingerprint density at radius 2 is 1.69 bits per heavy atom. The molecule has 3 rings (SSSR count). The summed E-state index contributed by atoms with van der Waals surface area (Å²) in [5.41, 5.74) is 0.909. The molecule has 1 aliphatic rings. The summed E-state index contributed by atoms with van der Waals surface area (Å²) < 4.78 is 17.3. The molecule has 2 aromatic rings. The predicted octanol–water partition coefficient (Wildman–Crippen LogP) is 4.76. The van der Waals surface area contributed by atoms with Crippen LogP contribution in [0, 0.1) is 0 Å². The average Bonchev–Trinajstić information content (AvgIpc) is 3.00. The van der Waals surface area contributed by atoms with E-state index in [0.29, 0.717) is 29.0 Å². The molecule has 0 unspecified atom stereocenters. The van der Waals surface area contributed by atoms with Crippen molar-refractivity contribution >= 4 is 40.3 Å². The van der Waals surface area contributed by atoms with Crippen LogP contribution in [0.2, 0.25) is 0 Å². The van der Waals surface area contributed by atoms with E-state index in [-0.39, 0.29) is 5.91 Å². The van der Waals surface area contributed by atoms with E-state index in [1.807, 2.05) is 61.5 Å². The quantitative estimate of drug-likeness (QED) is 0.325. The SMILES string of the molecule is CCN1C(=O)C(=Cc2cccc(OCCCOc3cccc(OC)c3)c2)SC1=S. The summed E-state index contributed by atoms with van der Waals surface area (Å²) >= 11 is 6.59. The molecule has 0 bridgehead atoms. The van der Waals surface area contributed by atoms with Crippen LogP contribution in [0.1, 0.15) is 18.9 Å². The Morgan fingerprint density at radius 3 is 2.34 bits per heavy atom. The van der Waals surface area contributed by atoms with Gasteiger partial charge in [0.1, 0.15) is 21.6 Å². The van der Waals surface area contributed by atoms with Gasteiger partial charge in [-0.15, -0.1) is 0 Å². The molecule has 0 atom stereocenters. The Morgan fingerprint density at radius 1 is 1.03 bits per heavy atom. The first-order chi connectivity index (χ1) is 14.1. The molecule has 2 aromatic carbocycles. The second-order valence-corrected chi connectivity index (χ2v) is 7.90. The largest absolute Gasteiger partial charge is 0.497 e. The van der Waals surface area contributed by atoms with Gasteiger partial charge in [0.2, 0.25) is 0 Å². The van der Waals surface area contributed by atoms with Crippen LogP contribution < -0.4 is 14.2 Å². The fourth-order valence-electron chi connectivity index (χ4n) is 2.75. The van der Waals surface area contributed by atoms with Crippen molar-refractivity contribution in [1.29, 1.82) is 0 Å². The zero-order valence-corrected chi connectivity index (χ0v) is 18.1. The predicted molar refractivity (Wildman–Crippen MR) is 121 cm³/mol. The van der Waals surface area contributed by atoms with Gasteiger partial charge < -0.3 is 14.2 Å². The van der Waals surface area contributed by atoms with Crippen molar-refractivity contribution in [2.75, 3.05) is 26.9 Å². The number of amides is 1. The van der Waals surface area contributed by atoms with Crippen molar-refractivity contribution < 1.29 is 19.0 Å². The van der Waals surface area contributed by atoms with Crippen molar-refractivity contribution in [2.24, 2.45) is 0 Å². The lowest BCUT2D eigenvalue weighted by Gasteiger charge is -2.10. The van der Waals surface area contributed by atoms with Gasteiger partial charge in [-0.2, -0.15) is 0 Å². The molecule has 1 amide bonds. The van der Waals surface area contributed by atoms with Crippen molar-refractivity contribution in [3.8, 4) is 17.2 Å². The number of thiocarbonyl (C=S) groups is 1. The van der Waals surface area contributed by atoms with Gasteiger partial charge in [0.05, 0.1) is 25.2 Å². The van der Waals surface area contributed by atoms with Crippen LogP contribution in [0.15, 0.2) is 53.4 Å². The van der Waals surface area contributed by atoms with Gasteiger partial charge in [-0.05, 0) is 42.8 Å².